The van der Waals surface area contributed by atoms with Crippen molar-refractivity contribution in [2.24, 2.45) is 46.8 Å². The van der Waals surface area contributed by atoms with Gasteiger partial charge < -0.3 is 28.0 Å². The van der Waals surface area contributed by atoms with Gasteiger partial charge in [0.1, 0.15) is 81.4 Å². The standard InChI is InChI=1S/C7H7ClN2.C7H9N3S.C7H11N3S.C7H9N3.C7H8N2O.C4H7ClO.C3H2N2.CH4/c1-5(2)7(8)6(3-9)4-10;1-4(2)5-6(9-3)7(8)11-10-5;1-4(2)6(9)5(3-8)7(10)11;2*1-5(2)7(10)6(3-8)4-9;1-3(2)4(5)6;4-2-1-3-5;/h5H,1-2H3;4H,8H2,1-2H3;4H,9H2,1-2H3,(H2,10,11);5H,10H2,1-2H3;5,10H,1-2H3;3H,1-2H3;1H2;1H4/b;;6-5-;;;;;. The lowest BCUT2D eigenvalue weighted by molar-refractivity contribution is -0.114. The molecule has 0 radical (unpaired) electrons. The highest BCUT2D eigenvalue weighted by Gasteiger charge is 2.14. The Hall–Kier alpha value is -7.17. The number of aliphatic hydroxyl groups is 1. The van der Waals surface area contributed by atoms with Crippen LogP contribution in [0.5, 0.6) is 0 Å². The Labute approximate surface area is 399 Å². The molecule has 1 rings (SSSR count). The summed E-state index contributed by atoms with van der Waals surface area (Å²) >= 11 is 16.4. The molecular weight excluding hydrogens is 894 g/mol. The van der Waals surface area contributed by atoms with Gasteiger partial charge in [-0.2, -0.15) is 47.4 Å². The molecule has 1 heterocycles. The number of aliphatic hydroxyl groups excluding tert-OH is 1. The summed E-state index contributed by atoms with van der Waals surface area (Å²) in [6.07, 6.45) is 0. The summed E-state index contributed by atoms with van der Waals surface area (Å²) in [5.41, 5.74) is 24.0. The summed E-state index contributed by atoms with van der Waals surface area (Å²) in [5, 5.41) is 83.2. The normalized spacial score (nSPS) is 8.84. The molecule has 0 atom stereocenters. The zero-order valence-electron chi connectivity index (χ0n) is 37.3. The van der Waals surface area contributed by atoms with Crippen LogP contribution in [-0.4, -0.2) is 19.7 Å². The number of nitrogens with two attached hydrogens (primary N) is 4. The van der Waals surface area contributed by atoms with E-state index in [4.69, 9.17) is 105 Å². The number of nitriles is 9. The van der Waals surface area contributed by atoms with Gasteiger partial charge in [-0.3, -0.25) is 4.79 Å². The Kier molecular flexibility index (Phi) is 47.4. The van der Waals surface area contributed by atoms with E-state index < -0.39 is 0 Å². The number of carbonyl (C=O) groups is 1. The fraction of sp³-hybridized carbons (Fsp3) is 0.465. The molecule has 1 aromatic heterocycles. The summed E-state index contributed by atoms with van der Waals surface area (Å²) in [6.45, 7) is 28.9. The van der Waals surface area contributed by atoms with Gasteiger partial charge in [-0.25, -0.2) is 9.22 Å². The van der Waals surface area contributed by atoms with Crippen LogP contribution in [-0.2, 0) is 4.79 Å². The van der Waals surface area contributed by atoms with Crippen LogP contribution in [0.15, 0.2) is 44.5 Å². The van der Waals surface area contributed by atoms with Crippen LogP contribution >= 0.6 is 47.0 Å². The van der Waals surface area contributed by atoms with Crippen LogP contribution < -0.4 is 22.9 Å². The van der Waals surface area contributed by atoms with Crippen molar-refractivity contribution in [3.63, 3.8) is 0 Å². The fourth-order valence-electron chi connectivity index (χ4n) is 2.68. The lowest BCUT2D eigenvalue weighted by Crippen LogP contribution is -2.18. The molecule has 9 N–H and O–H groups in total. The van der Waals surface area contributed by atoms with Gasteiger partial charge in [-0.1, -0.05) is 114 Å². The Morgan fingerprint density at radius 1 is 0.688 bits per heavy atom. The van der Waals surface area contributed by atoms with Crippen LogP contribution in [0, 0.1) is 138 Å². The second kappa shape index (κ2) is 42.5. The second-order valence-electron chi connectivity index (χ2n) is 13.4. The van der Waals surface area contributed by atoms with E-state index in [-0.39, 0.29) is 87.6 Å². The van der Waals surface area contributed by atoms with Crippen molar-refractivity contribution in [1.29, 1.82) is 47.4 Å². The second-order valence-corrected chi connectivity index (χ2v) is 15.4. The van der Waals surface area contributed by atoms with E-state index in [1.165, 1.54) is 11.5 Å². The van der Waals surface area contributed by atoms with E-state index in [1.54, 1.807) is 76.2 Å². The number of thiocarbonyl (C=S) groups is 1. The first-order chi connectivity index (χ1) is 29.1. The molecule has 0 bridgehead atoms. The summed E-state index contributed by atoms with van der Waals surface area (Å²) in [7, 11) is 0. The summed E-state index contributed by atoms with van der Waals surface area (Å²) in [6, 6.07) is 15.3. The Morgan fingerprint density at radius 3 is 1.19 bits per heavy atom. The number of allylic oxidation sites excluding steroid dienone is 7. The number of carbonyl (C=O) groups excluding carboxylic acids is 1. The molecule has 0 fully saturated rings. The fourth-order valence-corrected chi connectivity index (χ4v) is 3.66. The van der Waals surface area contributed by atoms with Crippen molar-refractivity contribution in [3.8, 4) is 54.6 Å². The molecule has 64 heavy (non-hydrogen) atoms. The van der Waals surface area contributed by atoms with E-state index in [2.05, 4.69) is 21.4 Å². The number of halogens is 2. The smallest absolute Gasteiger partial charge is 0.243 e. The predicted molar refractivity (Wildman–Crippen MR) is 256 cm³/mol. The maximum atomic E-state index is 9.91. The molecule has 0 amide bonds. The summed E-state index contributed by atoms with van der Waals surface area (Å²) in [4.78, 5) is 13.3. The largest absolute Gasteiger partial charge is 0.510 e. The number of nitrogens with zero attached hydrogens (tertiary/aromatic N) is 11. The van der Waals surface area contributed by atoms with Gasteiger partial charge in [0.25, 0.3) is 0 Å². The molecule has 0 aliphatic carbocycles. The van der Waals surface area contributed by atoms with Gasteiger partial charge in [0, 0.05) is 28.3 Å². The average Bonchev–Trinajstić information content (AvgIpc) is 3.61. The number of aromatic nitrogens is 1. The first-order valence-corrected chi connectivity index (χ1v) is 20.0. The predicted octanol–water partition coefficient (Wildman–Crippen LogP) is 10.1. The highest BCUT2D eigenvalue weighted by Crippen LogP contribution is 2.34. The van der Waals surface area contributed by atoms with E-state index in [1.807, 2.05) is 61.5 Å². The number of nitrogen functional groups attached to an aromatic ring is 1. The van der Waals surface area contributed by atoms with Crippen LogP contribution in [0.2, 0.25) is 0 Å². The molecule has 21 heteroatoms. The summed E-state index contributed by atoms with van der Waals surface area (Å²) < 4.78 is 4.09. The maximum absolute atomic E-state index is 9.91. The highest BCUT2D eigenvalue weighted by molar-refractivity contribution is 7.80. The minimum Gasteiger partial charge on any atom is -0.510 e. The Morgan fingerprint density at radius 2 is 1.06 bits per heavy atom. The minimum atomic E-state index is -0.269. The zero-order chi connectivity index (χ0) is 51.2. The molecule has 17 nitrogen and oxygen atoms in total. The SMILES string of the molecule is C.CC(C)/C(N)=C(\C#N)C(N)=S.CC(C)C(=O)Cl.CC(C)C(Cl)=C(C#N)C#N.CC(C)C(N)=C(C#N)C#N.CC(C)C(O)=C(C#N)C#N.N#CCC#N.[C-]#[N+]c1c(C(C)C)nsc1N. The van der Waals surface area contributed by atoms with Crippen molar-refractivity contribution in [1.82, 2.24) is 4.37 Å². The van der Waals surface area contributed by atoms with E-state index in [0.29, 0.717) is 27.1 Å². The maximum Gasteiger partial charge on any atom is 0.243 e. The number of hydrogen-bond acceptors (Lipinski definition) is 17. The number of rotatable bonds is 7. The number of anilines is 1. The summed E-state index contributed by atoms with van der Waals surface area (Å²) in [5.74, 6) is 0.190. The third-order valence-corrected chi connectivity index (χ3v) is 8.33. The third kappa shape index (κ3) is 34.5. The third-order valence-electron chi connectivity index (χ3n) is 6.39. The molecule has 0 spiro atoms. The van der Waals surface area contributed by atoms with Crippen molar-refractivity contribution in [2.75, 3.05) is 5.73 Å². The van der Waals surface area contributed by atoms with Gasteiger partial charge in [0.15, 0.2) is 5.57 Å². The van der Waals surface area contributed by atoms with Gasteiger partial charge in [0.05, 0.1) is 24.4 Å². The quantitative estimate of drug-likeness (QED) is 0.0423. The van der Waals surface area contributed by atoms with Crippen molar-refractivity contribution >= 4 is 67.9 Å². The van der Waals surface area contributed by atoms with Crippen LogP contribution in [0.3, 0.4) is 0 Å². The molecule has 0 saturated heterocycles. The lowest BCUT2D eigenvalue weighted by atomic mass is 10.1. The molecule has 1 aromatic rings. The Balaban J connectivity index is -0.000000120. The van der Waals surface area contributed by atoms with Crippen LogP contribution in [0.4, 0.5) is 10.7 Å². The monoisotopic (exact) mass is 949 g/mol. The molecule has 0 saturated carbocycles. The van der Waals surface area contributed by atoms with Gasteiger partial charge >= 0.3 is 0 Å². The molecule has 342 valence electrons. The van der Waals surface area contributed by atoms with Crippen molar-refractivity contribution < 1.29 is 9.90 Å². The molecule has 0 aromatic carbocycles. The Bertz CT molecular complexity index is 2030. The minimum absolute atomic E-state index is 0. The van der Waals surface area contributed by atoms with Crippen LogP contribution in [0.25, 0.3) is 4.85 Å². The lowest BCUT2D eigenvalue weighted by Gasteiger charge is -2.06. The molecule has 0 aliphatic rings. The average molecular weight is 951 g/mol. The topological polar surface area (TPSA) is 373 Å². The number of hydrogen-bond donors (Lipinski definition) is 5. The molecule has 0 unspecified atom stereocenters. The molecular formula is C43H57Cl2N15O2S2. The van der Waals surface area contributed by atoms with E-state index in [9.17, 15) is 4.79 Å². The first-order valence-electron chi connectivity index (χ1n) is 18.1. The zero-order valence-corrected chi connectivity index (χ0v) is 40.5. The van der Waals surface area contributed by atoms with Crippen LogP contribution in [0.1, 0.15) is 109 Å². The molecule has 0 aliphatic heterocycles. The van der Waals surface area contributed by atoms with Crippen molar-refractivity contribution in [3.05, 3.63) is 61.6 Å². The first kappa shape index (κ1) is 71.3. The van der Waals surface area contributed by atoms with Gasteiger partial charge in [-0.15, -0.1) is 0 Å². The van der Waals surface area contributed by atoms with E-state index >= 15 is 0 Å². The van der Waals surface area contributed by atoms with E-state index in [0.717, 1.165) is 5.69 Å². The van der Waals surface area contributed by atoms with Crippen molar-refractivity contribution in [2.45, 2.75) is 103 Å². The van der Waals surface area contributed by atoms with Gasteiger partial charge in [-0.05, 0) is 46.8 Å². The highest BCUT2D eigenvalue weighted by atomic mass is 35.5. The van der Waals surface area contributed by atoms with Gasteiger partial charge in [0.2, 0.25) is 10.9 Å².